The van der Waals surface area contributed by atoms with Crippen LogP contribution >= 0.6 is 0 Å². The molecule has 1 N–H and O–H groups in total. The van der Waals surface area contributed by atoms with Gasteiger partial charge in [0.05, 0.1) is 5.92 Å². The number of carboxylic acids is 1. The monoisotopic (exact) mass is 434 g/mol. The maximum Gasteiger partial charge on any atom is 0.306 e. The Morgan fingerprint density at radius 1 is 1.19 bits per heavy atom. The first-order valence-electron chi connectivity index (χ1n) is 10.9. The second kappa shape index (κ2) is 9.92. The first-order chi connectivity index (χ1) is 15.5. The van der Waals surface area contributed by atoms with Gasteiger partial charge in [-0.1, -0.05) is 37.3 Å². The van der Waals surface area contributed by atoms with E-state index in [2.05, 4.69) is 9.88 Å². The second-order valence-electron chi connectivity index (χ2n) is 8.28. The van der Waals surface area contributed by atoms with Gasteiger partial charge in [-0.15, -0.1) is 0 Å². The molecule has 0 radical (unpaired) electrons. The fourth-order valence-electron chi connectivity index (χ4n) is 3.85. The largest absolute Gasteiger partial charge is 0.489 e. The molecule has 6 heteroatoms. The van der Waals surface area contributed by atoms with E-state index in [4.69, 9.17) is 9.84 Å². The molecule has 32 heavy (non-hydrogen) atoms. The molecule has 1 unspecified atom stereocenters. The van der Waals surface area contributed by atoms with E-state index in [1.807, 2.05) is 54.6 Å². The number of aliphatic carboxylic acids is 1. The van der Waals surface area contributed by atoms with Gasteiger partial charge in [-0.2, -0.15) is 0 Å². The minimum absolute atomic E-state index is 0.345. The van der Waals surface area contributed by atoms with Gasteiger partial charge >= 0.3 is 5.97 Å². The van der Waals surface area contributed by atoms with Crippen molar-refractivity contribution in [1.82, 2.24) is 9.88 Å². The molecule has 5 nitrogen and oxygen atoms in total. The Bertz CT molecular complexity index is 1070. The van der Waals surface area contributed by atoms with Gasteiger partial charge in [-0.05, 0) is 54.4 Å². The van der Waals surface area contributed by atoms with E-state index < -0.39 is 5.97 Å². The molecule has 2 heterocycles. The Balaban J connectivity index is 1.41. The van der Waals surface area contributed by atoms with E-state index in [1.54, 1.807) is 13.0 Å². The molecule has 2 aromatic carbocycles. The van der Waals surface area contributed by atoms with E-state index in [-0.39, 0.29) is 11.7 Å². The number of hydrogen-bond acceptors (Lipinski definition) is 4. The Kier molecular flexibility index (Phi) is 6.81. The lowest BCUT2D eigenvalue weighted by atomic mass is 10.0. The number of nitrogens with zero attached hydrogens (tertiary/aromatic N) is 2. The molecular formula is C26H27FN2O3. The summed E-state index contributed by atoms with van der Waals surface area (Å²) in [5.74, 6) is -0.783. The van der Waals surface area contributed by atoms with Gasteiger partial charge < -0.3 is 9.84 Å². The predicted octanol–water partition coefficient (Wildman–Crippen LogP) is 4.94. The van der Waals surface area contributed by atoms with E-state index in [0.29, 0.717) is 31.8 Å². The number of hydrogen-bond donors (Lipinski definition) is 1. The number of aromatic nitrogens is 1. The van der Waals surface area contributed by atoms with Crippen LogP contribution in [0.2, 0.25) is 0 Å². The molecular weight excluding hydrogens is 407 g/mol. The molecule has 3 aromatic rings. The maximum absolute atomic E-state index is 14.9. The Labute approximate surface area is 187 Å². The van der Waals surface area contributed by atoms with Crippen LogP contribution < -0.4 is 4.74 Å². The first-order valence-corrected chi connectivity index (χ1v) is 10.9. The highest BCUT2D eigenvalue weighted by Gasteiger charge is 2.22. The zero-order valence-corrected chi connectivity index (χ0v) is 18.1. The summed E-state index contributed by atoms with van der Waals surface area (Å²) in [6.45, 7) is 4.27. The number of carbonyl (C=O) groups is 1. The van der Waals surface area contributed by atoms with Crippen molar-refractivity contribution >= 4 is 5.97 Å². The summed E-state index contributed by atoms with van der Waals surface area (Å²) in [6, 6.07) is 18.9. The molecule has 1 atom stereocenters. The molecule has 1 aromatic heterocycles. The highest BCUT2D eigenvalue weighted by Crippen LogP contribution is 2.28. The smallest absolute Gasteiger partial charge is 0.306 e. The highest BCUT2D eigenvalue weighted by molar-refractivity contribution is 5.69. The summed E-state index contributed by atoms with van der Waals surface area (Å²) >= 11 is 0. The average molecular weight is 435 g/mol. The van der Waals surface area contributed by atoms with E-state index in [1.165, 1.54) is 0 Å². The predicted molar refractivity (Wildman–Crippen MR) is 121 cm³/mol. The number of halogens is 1. The Morgan fingerprint density at radius 2 is 1.94 bits per heavy atom. The van der Waals surface area contributed by atoms with Gasteiger partial charge in [0.2, 0.25) is 0 Å². The van der Waals surface area contributed by atoms with Crippen molar-refractivity contribution in [3.05, 3.63) is 83.3 Å². The van der Waals surface area contributed by atoms with Crippen molar-refractivity contribution in [2.75, 3.05) is 13.1 Å². The van der Waals surface area contributed by atoms with Crippen LogP contribution in [0.15, 0.2) is 60.7 Å². The topological polar surface area (TPSA) is 62.7 Å². The fraction of sp³-hybridized carbons (Fsp3) is 0.308. The van der Waals surface area contributed by atoms with Crippen LogP contribution in [0, 0.1) is 11.7 Å². The average Bonchev–Trinajstić information content (AvgIpc) is 2.81. The molecule has 0 saturated carbocycles. The van der Waals surface area contributed by atoms with Crippen molar-refractivity contribution in [2.24, 2.45) is 5.92 Å². The highest BCUT2D eigenvalue weighted by atomic mass is 19.1. The lowest BCUT2D eigenvalue weighted by Crippen LogP contribution is -2.33. The Hall–Kier alpha value is -3.25. The van der Waals surface area contributed by atoms with E-state index in [0.717, 1.165) is 41.1 Å². The fourth-order valence-corrected chi connectivity index (χ4v) is 3.85. The number of rotatable bonds is 8. The maximum atomic E-state index is 14.9. The SMILES string of the molecule is CC(CCN1CCc2nc(-c3ccc(OCc4ccccc4)cc3)c(F)cc2C1)C(=O)O. The summed E-state index contributed by atoms with van der Waals surface area (Å²) in [6.07, 6.45) is 1.31. The van der Waals surface area contributed by atoms with Crippen LogP contribution in [0.3, 0.4) is 0 Å². The summed E-state index contributed by atoms with van der Waals surface area (Å²) < 4.78 is 20.7. The summed E-state index contributed by atoms with van der Waals surface area (Å²) in [5, 5.41) is 9.06. The third-order valence-electron chi connectivity index (χ3n) is 5.88. The van der Waals surface area contributed by atoms with Crippen molar-refractivity contribution in [2.45, 2.75) is 32.9 Å². The molecule has 0 bridgehead atoms. The second-order valence-corrected chi connectivity index (χ2v) is 8.28. The van der Waals surface area contributed by atoms with Gasteiger partial charge in [0.25, 0.3) is 0 Å². The molecule has 166 valence electrons. The van der Waals surface area contributed by atoms with Gasteiger partial charge in [0.1, 0.15) is 23.9 Å². The van der Waals surface area contributed by atoms with Crippen molar-refractivity contribution in [1.29, 1.82) is 0 Å². The zero-order chi connectivity index (χ0) is 22.5. The molecule has 0 spiro atoms. The molecule has 0 amide bonds. The van der Waals surface area contributed by atoms with E-state index >= 15 is 0 Å². The van der Waals surface area contributed by atoms with Crippen LogP contribution in [-0.4, -0.2) is 34.0 Å². The minimum Gasteiger partial charge on any atom is -0.489 e. The summed E-state index contributed by atoms with van der Waals surface area (Å²) in [5.41, 5.74) is 3.95. The van der Waals surface area contributed by atoms with Crippen LogP contribution in [0.25, 0.3) is 11.3 Å². The number of benzene rings is 2. The van der Waals surface area contributed by atoms with Gasteiger partial charge in [0, 0.05) is 30.8 Å². The minimum atomic E-state index is -0.781. The van der Waals surface area contributed by atoms with Crippen LogP contribution in [0.5, 0.6) is 5.75 Å². The van der Waals surface area contributed by atoms with Gasteiger partial charge in [-0.3, -0.25) is 9.69 Å². The number of fused-ring (bicyclic) bond motifs is 1. The molecule has 0 saturated heterocycles. The normalized spacial score (nSPS) is 14.6. The molecule has 1 aliphatic heterocycles. The van der Waals surface area contributed by atoms with Crippen LogP contribution in [0.1, 0.15) is 30.2 Å². The lowest BCUT2D eigenvalue weighted by molar-refractivity contribution is -0.141. The Morgan fingerprint density at radius 3 is 2.66 bits per heavy atom. The standard InChI is InChI=1S/C26H27FN2O3/c1-18(26(30)31)11-13-29-14-12-24-21(16-29)15-23(27)25(28-24)20-7-9-22(10-8-20)32-17-19-5-3-2-4-6-19/h2-10,15,18H,11-14,16-17H2,1H3,(H,30,31). The molecule has 0 aliphatic carbocycles. The summed E-state index contributed by atoms with van der Waals surface area (Å²) in [4.78, 5) is 17.8. The third-order valence-corrected chi connectivity index (χ3v) is 5.88. The first kappa shape index (κ1) is 22.0. The van der Waals surface area contributed by atoms with Crippen LogP contribution in [-0.2, 0) is 24.4 Å². The van der Waals surface area contributed by atoms with Gasteiger partial charge in [-0.25, -0.2) is 9.37 Å². The zero-order valence-electron chi connectivity index (χ0n) is 18.1. The number of pyridine rings is 1. The van der Waals surface area contributed by atoms with Crippen molar-refractivity contribution in [3.8, 4) is 17.0 Å². The van der Waals surface area contributed by atoms with Crippen molar-refractivity contribution < 1.29 is 19.0 Å². The van der Waals surface area contributed by atoms with Crippen molar-refractivity contribution in [3.63, 3.8) is 0 Å². The van der Waals surface area contributed by atoms with E-state index in [9.17, 15) is 9.18 Å². The molecule has 0 fully saturated rings. The summed E-state index contributed by atoms with van der Waals surface area (Å²) in [7, 11) is 0. The van der Waals surface area contributed by atoms with Gasteiger partial charge in [0.15, 0.2) is 0 Å². The molecule has 4 rings (SSSR count). The van der Waals surface area contributed by atoms with Crippen LogP contribution in [0.4, 0.5) is 4.39 Å². The number of ether oxygens (including phenoxy) is 1. The third kappa shape index (κ3) is 5.32. The molecule has 1 aliphatic rings. The lowest BCUT2D eigenvalue weighted by Gasteiger charge is -2.29. The quantitative estimate of drug-likeness (QED) is 0.544. The number of carboxylic acid groups (broad SMARTS) is 1.